The largest absolute Gasteiger partial charge is 0.470 e. The van der Waals surface area contributed by atoms with E-state index in [1.54, 1.807) is 0 Å². The fourth-order valence-corrected chi connectivity index (χ4v) is 1.55. The van der Waals surface area contributed by atoms with Gasteiger partial charge in [-0.15, -0.1) is 0 Å². The molecule has 0 aliphatic carbocycles. The van der Waals surface area contributed by atoms with Crippen LogP contribution >= 0.6 is 15.6 Å². The van der Waals surface area contributed by atoms with Crippen LogP contribution in [0.2, 0.25) is 0 Å². The third-order valence-corrected chi connectivity index (χ3v) is 2.79. The fraction of sp³-hybridized carbons (Fsp3) is 0.833. The molecule has 0 bridgehead atoms. The van der Waals surface area contributed by atoms with Gasteiger partial charge in [-0.25, -0.2) is 9.13 Å². The molecule has 0 radical (unpaired) electrons. The lowest BCUT2D eigenvalue weighted by molar-refractivity contribution is -0.142. The van der Waals surface area contributed by atoms with E-state index in [-0.39, 0.29) is 0 Å². The smallest absolute Gasteiger partial charge is 0.388 e. The van der Waals surface area contributed by atoms with Gasteiger partial charge in [-0.3, -0.25) is 13.8 Å². The molecule has 0 aromatic rings. The lowest BCUT2D eigenvalue weighted by Crippen LogP contribution is -2.45. The highest BCUT2D eigenvalue weighted by atomic mass is 31.2. The zero-order valence-electron chi connectivity index (χ0n) is 9.71. The average molecular weight is 341 g/mol. The number of Topliss-reactive ketones (excluding diaryl/α,β-unsaturated/α-hetero) is 1. The third-order valence-electron chi connectivity index (χ3n) is 1.84. The van der Waals surface area contributed by atoms with Gasteiger partial charge in [0.05, 0.1) is 6.61 Å². The second kappa shape index (κ2) is 7.69. The van der Waals surface area contributed by atoms with Crippen LogP contribution in [0.15, 0.2) is 0 Å². The molecule has 7 N–H and O–H groups in total. The van der Waals surface area contributed by atoms with E-state index in [1.807, 2.05) is 0 Å². The summed E-state index contributed by atoms with van der Waals surface area (Å²) in [6.45, 7) is -2.33. The minimum absolute atomic E-state index is 1.09. The van der Waals surface area contributed by atoms with Crippen LogP contribution in [-0.2, 0) is 23.0 Å². The van der Waals surface area contributed by atoms with Crippen molar-refractivity contribution in [3.05, 3.63) is 0 Å². The van der Waals surface area contributed by atoms with Gasteiger partial charge in [-0.1, -0.05) is 0 Å². The molecule has 14 heteroatoms. The van der Waals surface area contributed by atoms with Crippen LogP contribution < -0.4 is 0 Å². The molecule has 0 aliphatic rings. The highest BCUT2D eigenvalue weighted by Crippen LogP contribution is 2.36. The number of hydrogen-bond acceptors (Lipinski definition) is 8. The van der Waals surface area contributed by atoms with E-state index < -0.39 is 53.0 Å². The second-order valence-electron chi connectivity index (χ2n) is 3.52. The topological polar surface area (TPSA) is 211 Å². The van der Waals surface area contributed by atoms with Crippen molar-refractivity contribution in [1.82, 2.24) is 0 Å². The van der Waals surface area contributed by atoms with Crippen LogP contribution in [0.25, 0.3) is 0 Å². The lowest BCUT2D eigenvalue weighted by atomic mass is 10.2. The monoisotopic (exact) mass is 341 g/mol. The standard InChI is InChI=1S/C6H14O12P2/c7-3(1-17-19(11,12)13)5(9)6(10)4(8)2-18-20(14,15)16/h3,5-7,9-10H,1-2H2,(H2,11,12,13)(H2,14,15,16)/t3-,5-,6-/m1/s1/i6+1. The average Bonchev–Trinajstić information content (AvgIpc) is 2.29. The van der Waals surface area contributed by atoms with Gasteiger partial charge in [0, 0.05) is 0 Å². The lowest BCUT2D eigenvalue weighted by Gasteiger charge is -2.22. The summed E-state index contributed by atoms with van der Waals surface area (Å²) in [7, 11) is -9.87. The van der Waals surface area contributed by atoms with Crippen molar-refractivity contribution in [2.75, 3.05) is 13.2 Å². The van der Waals surface area contributed by atoms with Crippen molar-refractivity contribution in [1.29, 1.82) is 0 Å². The van der Waals surface area contributed by atoms with Gasteiger partial charge in [0.15, 0.2) is 5.78 Å². The number of phosphoric acid groups is 2. The van der Waals surface area contributed by atoms with Crippen LogP contribution in [0.4, 0.5) is 0 Å². The van der Waals surface area contributed by atoms with E-state index in [1.165, 1.54) is 0 Å². The zero-order chi connectivity index (χ0) is 16.1. The number of aliphatic hydroxyl groups excluding tert-OH is 3. The van der Waals surface area contributed by atoms with Gasteiger partial charge in [-0.2, -0.15) is 0 Å². The molecule has 0 amide bonds. The van der Waals surface area contributed by atoms with Crippen molar-refractivity contribution >= 4 is 21.4 Å². The maximum Gasteiger partial charge on any atom is 0.470 e. The van der Waals surface area contributed by atoms with E-state index in [0.29, 0.717) is 0 Å². The molecule has 0 rings (SSSR count). The molecule has 0 saturated carbocycles. The molecule has 3 atom stereocenters. The van der Waals surface area contributed by atoms with E-state index in [9.17, 15) is 29.2 Å². The van der Waals surface area contributed by atoms with Crippen molar-refractivity contribution in [2.24, 2.45) is 0 Å². The summed E-state index contributed by atoms with van der Waals surface area (Å²) in [4.78, 5) is 44.4. The summed E-state index contributed by atoms with van der Waals surface area (Å²) in [6.07, 6.45) is -6.53. The highest BCUT2D eigenvalue weighted by Gasteiger charge is 2.32. The van der Waals surface area contributed by atoms with E-state index in [2.05, 4.69) is 9.05 Å². The summed E-state index contributed by atoms with van der Waals surface area (Å²) in [5.41, 5.74) is 0. The van der Waals surface area contributed by atoms with Crippen LogP contribution in [0.1, 0.15) is 0 Å². The summed E-state index contributed by atoms with van der Waals surface area (Å²) < 4.78 is 28.2. The SMILES string of the molecule is O=C(COP(=O)(O)O)[13C@@H](O)[C@H](O)[C@H](O)COP(=O)(O)O. The maximum atomic E-state index is 11.2. The molecular formula is C6H14O12P2. The van der Waals surface area contributed by atoms with Gasteiger partial charge < -0.3 is 34.9 Å². The van der Waals surface area contributed by atoms with Crippen molar-refractivity contribution in [3.8, 4) is 0 Å². The van der Waals surface area contributed by atoms with Gasteiger partial charge in [0.25, 0.3) is 0 Å². The normalized spacial score (nSPS) is 17.6. The third kappa shape index (κ3) is 8.84. The van der Waals surface area contributed by atoms with Gasteiger partial charge in [0.2, 0.25) is 0 Å². The Morgan fingerprint density at radius 3 is 1.80 bits per heavy atom. The van der Waals surface area contributed by atoms with Gasteiger partial charge in [-0.05, 0) is 0 Å². The number of carbonyl (C=O) groups is 1. The molecule has 0 saturated heterocycles. The minimum atomic E-state index is -4.95. The summed E-state index contributed by atoms with van der Waals surface area (Å²) >= 11 is 0. The number of aliphatic hydroxyl groups is 3. The Bertz CT molecular complexity index is 410. The second-order valence-corrected chi connectivity index (χ2v) is 6.00. The molecule has 20 heavy (non-hydrogen) atoms. The summed E-state index contributed by atoms with van der Waals surface area (Å²) in [6, 6.07) is 0. The molecule has 0 unspecified atom stereocenters. The quantitative estimate of drug-likeness (QED) is 0.164. The minimum Gasteiger partial charge on any atom is -0.388 e. The Hall–Kier alpha value is -0.230. The zero-order valence-corrected chi connectivity index (χ0v) is 11.5. The highest BCUT2D eigenvalue weighted by molar-refractivity contribution is 7.46. The summed E-state index contributed by atoms with van der Waals surface area (Å²) in [5, 5.41) is 27.7. The van der Waals surface area contributed by atoms with Crippen LogP contribution in [0.3, 0.4) is 0 Å². The molecule has 12 nitrogen and oxygen atoms in total. The van der Waals surface area contributed by atoms with Crippen molar-refractivity contribution < 1.29 is 57.9 Å². The summed E-state index contributed by atoms with van der Waals surface area (Å²) in [5.74, 6) is -1.36. The molecule has 120 valence electrons. The van der Waals surface area contributed by atoms with E-state index >= 15 is 0 Å². The van der Waals surface area contributed by atoms with Gasteiger partial charge >= 0.3 is 15.6 Å². The molecule has 0 spiro atoms. The van der Waals surface area contributed by atoms with Crippen LogP contribution in [0.5, 0.6) is 0 Å². The molecule has 0 aromatic heterocycles. The Morgan fingerprint density at radius 2 is 1.40 bits per heavy atom. The number of rotatable bonds is 9. The van der Waals surface area contributed by atoms with Crippen molar-refractivity contribution in [3.63, 3.8) is 0 Å². The molecule has 0 heterocycles. The molecular weight excluding hydrogens is 327 g/mol. The first-order chi connectivity index (χ1) is 8.83. The predicted octanol–water partition coefficient (Wildman–Crippen LogP) is -3.14. The van der Waals surface area contributed by atoms with E-state index in [4.69, 9.17) is 19.6 Å². The number of hydrogen-bond donors (Lipinski definition) is 7. The first kappa shape index (κ1) is 19.8. The Kier molecular flexibility index (Phi) is 7.60. The van der Waals surface area contributed by atoms with Crippen LogP contribution in [0, 0.1) is 0 Å². The first-order valence-corrected chi connectivity index (χ1v) is 7.86. The Balaban J connectivity index is 4.38. The Labute approximate surface area is 112 Å². The number of ketones is 1. The van der Waals surface area contributed by atoms with Crippen molar-refractivity contribution in [2.45, 2.75) is 18.3 Å². The molecule has 0 aromatic carbocycles. The molecule has 0 fully saturated rings. The van der Waals surface area contributed by atoms with Crippen LogP contribution in [-0.4, -0.2) is 72.2 Å². The molecule has 0 aliphatic heterocycles. The Morgan fingerprint density at radius 1 is 0.950 bits per heavy atom. The maximum absolute atomic E-state index is 11.2. The van der Waals surface area contributed by atoms with Gasteiger partial charge in [0.1, 0.15) is 24.9 Å². The first-order valence-electron chi connectivity index (χ1n) is 4.80. The predicted molar refractivity (Wildman–Crippen MR) is 59.0 cm³/mol. The number of carbonyl (C=O) groups excluding carboxylic acids is 1. The fourth-order valence-electron chi connectivity index (χ4n) is 0.906. The van der Waals surface area contributed by atoms with E-state index in [0.717, 1.165) is 0 Å². The number of phosphoric ester groups is 2.